The average Bonchev–Trinajstić information content (AvgIpc) is 2.62. The second-order valence-corrected chi connectivity index (χ2v) is 3.21. The van der Waals surface area contributed by atoms with Gasteiger partial charge in [-0.25, -0.2) is 0 Å². The summed E-state index contributed by atoms with van der Waals surface area (Å²) in [6.45, 7) is 2.97. The molecule has 1 fully saturated rings. The van der Waals surface area contributed by atoms with Gasteiger partial charge in [-0.3, -0.25) is 10.1 Å². The van der Waals surface area contributed by atoms with Crippen LogP contribution >= 0.6 is 0 Å². The van der Waals surface area contributed by atoms with Crippen molar-refractivity contribution in [1.29, 1.82) is 0 Å². The Morgan fingerprint density at radius 1 is 1.57 bits per heavy atom. The fourth-order valence-electron chi connectivity index (χ4n) is 1.63. The van der Waals surface area contributed by atoms with Crippen LogP contribution in [0.3, 0.4) is 0 Å². The Morgan fingerprint density at radius 3 is 2.79 bits per heavy atom. The standard InChI is InChI=1S/C9H17NO4/c1-4-14-9(13-3)5-7(10-6-9)8(11)12-2/h7,10H,4-6H2,1-3H3. The molecule has 0 radical (unpaired) electrons. The summed E-state index contributed by atoms with van der Waals surface area (Å²) >= 11 is 0. The zero-order chi connectivity index (χ0) is 10.6. The lowest BCUT2D eigenvalue weighted by molar-refractivity contribution is -0.207. The van der Waals surface area contributed by atoms with Gasteiger partial charge in [0.1, 0.15) is 6.04 Å². The van der Waals surface area contributed by atoms with Gasteiger partial charge in [0.25, 0.3) is 0 Å². The Kier molecular flexibility index (Phi) is 3.86. The van der Waals surface area contributed by atoms with E-state index in [-0.39, 0.29) is 12.0 Å². The third-order valence-electron chi connectivity index (χ3n) is 2.40. The van der Waals surface area contributed by atoms with Gasteiger partial charge in [-0.1, -0.05) is 0 Å². The van der Waals surface area contributed by atoms with Gasteiger partial charge in [0, 0.05) is 20.1 Å². The highest BCUT2D eigenvalue weighted by atomic mass is 16.7. The molecule has 1 heterocycles. The zero-order valence-corrected chi connectivity index (χ0v) is 8.83. The number of hydrogen-bond donors (Lipinski definition) is 1. The number of rotatable bonds is 4. The number of carbonyl (C=O) groups excluding carboxylic acids is 1. The van der Waals surface area contributed by atoms with Crippen LogP contribution in [-0.4, -0.2) is 45.2 Å². The van der Waals surface area contributed by atoms with E-state index in [1.54, 1.807) is 7.11 Å². The van der Waals surface area contributed by atoms with E-state index in [4.69, 9.17) is 9.47 Å². The number of hydrogen-bond acceptors (Lipinski definition) is 5. The van der Waals surface area contributed by atoms with Gasteiger partial charge in [-0.05, 0) is 6.92 Å². The molecule has 1 saturated heterocycles. The van der Waals surface area contributed by atoms with Crippen molar-refractivity contribution in [3.8, 4) is 0 Å². The molecule has 82 valence electrons. The molecule has 1 N–H and O–H groups in total. The van der Waals surface area contributed by atoms with Gasteiger partial charge in [0.2, 0.25) is 0 Å². The predicted molar refractivity (Wildman–Crippen MR) is 49.8 cm³/mol. The summed E-state index contributed by atoms with van der Waals surface area (Å²) in [7, 11) is 2.95. The summed E-state index contributed by atoms with van der Waals surface area (Å²) in [5.74, 6) is -0.947. The molecule has 5 heteroatoms. The Bertz CT molecular complexity index is 209. The van der Waals surface area contributed by atoms with E-state index in [0.29, 0.717) is 19.6 Å². The van der Waals surface area contributed by atoms with Gasteiger partial charge >= 0.3 is 5.97 Å². The summed E-state index contributed by atoms with van der Waals surface area (Å²) < 4.78 is 15.4. The molecular weight excluding hydrogens is 186 g/mol. The highest BCUT2D eigenvalue weighted by Gasteiger charge is 2.43. The van der Waals surface area contributed by atoms with E-state index >= 15 is 0 Å². The van der Waals surface area contributed by atoms with Crippen molar-refractivity contribution in [2.75, 3.05) is 27.4 Å². The normalized spacial score (nSPS) is 31.8. The number of methoxy groups -OCH3 is 2. The molecule has 0 bridgehead atoms. The van der Waals surface area contributed by atoms with E-state index in [1.165, 1.54) is 7.11 Å². The topological polar surface area (TPSA) is 56.8 Å². The summed E-state index contributed by atoms with van der Waals surface area (Å²) in [4.78, 5) is 11.2. The molecule has 2 atom stereocenters. The Morgan fingerprint density at radius 2 is 2.29 bits per heavy atom. The van der Waals surface area contributed by atoms with Crippen molar-refractivity contribution in [3.63, 3.8) is 0 Å². The molecule has 0 aromatic heterocycles. The molecule has 2 unspecified atom stereocenters. The SMILES string of the molecule is CCOC1(OC)CNC(C(=O)OC)C1. The van der Waals surface area contributed by atoms with Gasteiger partial charge in [-0.15, -0.1) is 0 Å². The lowest BCUT2D eigenvalue weighted by Gasteiger charge is -2.26. The van der Waals surface area contributed by atoms with Crippen LogP contribution in [0.2, 0.25) is 0 Å². The summed E-state index contributed by atoms with van der Waals surface area (Å²) in [6.07, 6.45) is 0.490. The van der Waals surface area contributed by atoms with Crippen molar-refractivity contribution < 1.29 is 19.0 Å². The van der Waals surface area contributed by atoms with E-state index in [0.717, 1.165) is 0 Å². The largest absolute Gasteiger partial charge is 0.468 e. The quantitative estimate of drug-likeness (QED) is 0.511. The molecule has 1 aliphatic rings. The zero-order valence-electron chi connectivity index (χ0n) is 8.83. The molecule has 1 rings (SSSR count). The van der Waals surface area contributed by atoms with Crippen molar-refractivity contribution in [2.24, 2.45) is 0 Å². The van der Waals surface area contributed by atoms with Gasteiger partial charge in [0.15, 0.2) is 5.79 Å². The molecule has 14 heavy (non-hydrogen) atoms. The van der Waals surface area contributed by atoms with Crippen LogP contribution in [0.5, 0.6) is 0 Å². The van der Waals surface area contributed by atoms with Crippen molar-refractivity contribution >= 4 is 5.97 Å². The maximum Gasteiger partial charge on any atom is 0.323 e. The molecule has 0 aliphatic carbocycles. The first-order valence-corrected chi connectivity index (χ1v) is 4.68. The minimum absolute atomic E-state index is 0.274. The summed E-state index contributed by atoms with van der Waals surface area (Å²) in [5.41, 5.74) is 0. The van der Waals surface area contributed by atoms with Gasteiger partial charge < -0.3 is 14.2 Å². The Labute approximate surface area is 83.7 Å². The van der Waals surface area contributed by atoms with Crippen LogP contribution in [0, 0.1) is 0 Å². The van der Waals surface area contributed by atoms with Crippen LogP contribution in [0.15, 0.2) is 0 Å². The second kappa shape index (κ2) is 4.72. The number of nitrogens with one attached hydrogen (secondary N) is 1. The first kappa shape index (κ1) is 11.4. The molecule has 0 spiro atoms. The highest BCUT2D eigenvalue weighted by molar-refractivity contribution is 5.76. The first-order valence-electron chi connectivity index (χ1n) is 4.68. The van der Waals surface area contributed by atoms with Crippen LogP contribution in [-0.2, 0) is 19.0 Å². The molecule has 0 aromatic carbocycles. The van der Waals surface area contributed by atoms with E-state index in [9.17, 15) is 4.79 Å². The van der Waals surface area contributed by atoms with E-state index in [2.05, 4.69) is 10.1 Å². The molecular formula is C9H17NO4. The van der Waals surface area contributed by atoms with E-state index in [1.807, 2.05) is 6.92 Å². The Balaban J connectivity index is 2.56. The second-order valence-electron chi connectivity index (χ2n) is 3.21. The summed E-state index contributed by atoms with van der Waals surface area (Å²) in [6, 6.07) is -0.327. The molecule has 1 aliphatic heterocycles. The van der Waals surface area contributed by atoms with Crippen molar-refractivity contribution in [2.45, 2.75) is 25.2 Å². The predicted octanol–water partition coefficient (Wildman–Crippen LogP) is -0.0995. The molecule has 0 amide bonds. The fourth-order valence-corrected chi connectivity index (χ4v) is 1.63. The third-order valence-corrected chi connectivity index (χ3v) is 2.40. The molecule has 5 nitrogen and oxygen atoms in total. The summed E-state index contributed by atoms with van der Waals surface area (Å²) in [5, 5.41) is 3.01. The van der Waals surface area contributed by atoms with Crippen LogP contribution in [0.25, 0.3) is 0 Å². The fraction of sp³-hybridized carbons (Fsp3) is 0.889. The molecule has 0 aromatic rings. The van der Waals surface area contributed by atoms with Gasteiger partial charge in [0.05, 0.1) is 13.7 Å². The smallest absolute Gasteiger partial charge is 0.323 e. The minimum atomic E-state index is -0.673. The minimum Gasteiger partial charge on any atom is -0.468 e. The number of carbonyl (C=O) groups is 1. The number of ether oxygens (including phenoxy) is 3. The lowest BCUT2D eigenvalue weighted by atomic mass is 10.1. The molecule has 0 saturated carbocycles. The van der Waals surface area contributed by atoms with Gasteiger partial charge in [-0.2, -0.15) is 0 Å². The Hall–Kier alpha value is -0.650. The average molecular weight is 203 g/mol. The van der Waals surface area contributed by atoms with Crippen LogP contribution < -0.4 is 5.32 Å². The third kappa shape index (κ3) is 2.23. The van der Waals surface area contributed by atoms with Crippen LogP contribution in [0.4, 0.5) is 0 Å². The van der Waals surface area contributed by atoms with Crippen molar-refractivity contribution in [3.05, 3.63) is 0 Å². The maximum absolute atomic E-state index is 11.2. The monoisotopic (exact) mass is 203 g/mol. The number of esters is 1. The van der Waals surface area contributed by atoms with E-state index < -0.39 is 5.79 Å². The van der Waals surface area contributed by atoms with Crippen LogP contribution in [0.1, 0.15) is 13.3 Å². The first-order chi connectivity index (χ1) is 6.67. The maximum atomic E-state index is 11.2. The highest BCUT2D eigenvalue weighted by Crippen LogP contribution is 2.24. The lowest BCUT2D eigenvalue weighted by Crippen LogP contribution is -2.37. The van der Waals surface area contributed by atoms with Crippen molar-refractivity contribution in [1.82, 2.24) is 5.32 Å².